The largest absolute Gasteiger partial charge is 0.466 e. The standard InChI is InChI=1S/C10H12O4/c1-13-9(11)5-7-3-4-8(7)6-10(12)14-2/h5-6H,3-4H2,1-2H3/b7-5+,8-6+. The minimum absolute atomic E-state index is 0.393. The van der Waals surface area contributed by atoms with Crippen molar-refractivity contribution in [2.45, 2.75) is 12.8 Å². The SMILES string of the molecule is COC(=O)/C=C1\CC\C1=C/C(=O)OC. The van der Waals surface area contributed by atoms with Crippen molar-refractivity contribution in [3.8, 4) is 0 Å². The number of allylic oxidation sites excluding steroid dienone is 2. The lowest BCUT2D eigenvalue weighted by molar-refractivity contribution is -0.136. The fourth-order valence-corrected chi connectivity index (χ4v) is 1.15. The van der Waals surface area contributed by atoms with Crippen molar-refractivity contribution >= 4 is 11.9 Å². The lowest BCUT2D eigenvalue weighted by atomic mass is 9.85. The van der Waals surface area contributed by atoms with Gasteiger partial charge < -0.3 is 9.47 Å². The van der Waals surface area contributed by atoms with Crippen molar-refractivity contribution in [3.05, 3.63) is 23.3 Å². The van der Waals surface area contributed by atoms with E-state index in [9.17, 15) is 9.59 Å². The quantitative estimate of drug-likeness (QED) is 0.488. The second-order valence-corrected chi connectivity index (χ2v) is 2.89. The summed E-state index contributed by atoms with van der Waals surface area (Å²) in [7, 11) is 2.64. The van der Waals surface area contributed by atoms with Crippen LogP contribution in [-0.2, 0) is 19.1 Å². The predicted molar refractivity (Wildman–Crippen MR) is 49.4 cm³/mol. The number of methoxy groups -OCH3 is 2. The Morgan fingerprint density at radius 1 is 1.00 bits per heavy atom. The monoisotopic (exact) mass is 196 g/mol. The van der Waals surface area contributed by atoms with E-state index in [0.29, 0.717) is 0 Å². The first-order chi connectivity index (χ1) is 6.67. The third kappa shape index (κ3) is 2.45. The van der Waals surface area contributed by atoms with Gasteiger partial charge in [0.1, 0.15) is 0 Å². The summed E-state index contributed by atoms with van der Waals surface area (Å²) >= 11 is 0. The average Bonchev–Trinajstić information content (AvgIpc) is 2.19. The molecule has 4 heteroatoms. The number of carbonyl (C=O) groups excluding carboxylic acids is 2. The molecule has 0 heterocycles. The van der Waals surface area contributed by atoms with Gasteiger partial charge in [-0.15, -0.1) is 0 Å². The van der Waals surface area contributed by atoms with E-state index in [-0.39, 0.29) is 0 Å². The summed E-state index contributed by atoms with van der Waals surface area (Å²) in [6.07, 6.45) is 4.41. The maximum absolute atomic E-state index is 10.9. The number of carbonyl (C=O) groups is 2. The molecule has 0 N–H and O–H groups in total. The van der Waals surface area contributed by atoms with Gasteiger partial charge in [0, 0.05) is 12.2 Å². The molecule has 0 atom stereocenters. The fraction of sp³-hybridized carbons (Fsp3) is 0.400. The van der Waals surface area contributed by atoms with Crippen molar-refractivity contribution in [2.75, 3.05) is 14.2 Å². The Morgan fingerprint density at radius 3 is 1.57 bits per heavy atom. The van der Waals surface area contributed by atoms with Crippen molar-refractivity contribution in [1.82, 2.24) is 0 Å². The van der Waals surface area contributed by atoms with E-state index in [2.05, 4.69) is 9.47 Å². The van der Waals surface area contributed by atoms with Crippen molar-refractivity contribution in [1.29, 1.82) is 0 Å². The van der Waals surface area contributed by atoms with Crippen LogP contribution in [0.5, 0.6) is 0 Å². The van der Waals surface area contributed by atoms with Crippen molar-refractivity contribution in [3.63, 3.8) is 0 Å². The molecule has 4 nitrogen and oxygen atoms in total. The molecule has 0 radical (unpaired) electrons. The third-order valence-electron chi connectivity index (χ3n) is 2.06. The lowest BCUT2D eigenvalue weighted by Crippen LogP contribution is -2.09. The zero-order valence-electron chi connectivity index (χ0n) is 8.20. The number of hydrogen-bond acceptors (Lipinski definition) is 4. The van der Waals surface area contributed by atoms with Gasteiger partial charge in [0.25, 0.3) is 0 Å². The first kappa shape index (κ1) is 10.5. The van der Waals surface area contributed by atoms with Gasteiger partial charge in [-0.25, -0.2) is 9.59 Å². The molecule has 0 spiro atoms. The van der Waals surface area contributed by atoms with E-state index in [0.717, 1.165) is 24.0 Å². The maximum Gasteiger partial charge on any atom is 0.330 e. The Balaban J connectivity index is 2.67. The van der Waals surface area contributed by atoms with Gasteiger partial charge in [-0.1, -0.05) is 0 Å². The van der Waals surface area contributed by atoms with Gasteiger partial charge in [-0.3, -0.25) is 0 Å². The number of ether oxygens (including phenoxy) is 2. The Hall–Kier alpha value is -1.58. The topological polar surface area (TPSA) is 52.6 Å². The van der Waals surface area contributed by atoms with E-state index >= 15 is 0 Å². The summed E-state index contributed by atoms with van der Waals surface area (Å²) in [6, 6.07) is 0. The predicted octanol–water partition coefficient (Wildman–Crippen LogP) is 0.979. The lowest BCUT2D eigenvalue weighted by Gasteiger charge is -2.20. The summed E-state index contributed by atoms with van der Waals surface area (Å²) < 4.78 is 8.95. The molecule has 0 amide bonds. The van der Waals surface area contributed by atoms with Crippen LogP contribution in [0.3, 0.4) is 0 Å². The molecule has 0 unspecified atom stereocenters. The Labute approximate surface area is 82.2 Å². The molecular weight excluding hydrogens is 184 g/mol. The minimum atomic E-state index is -0.393. The average molecular weight is 196 g/mol. The van der Waals surface area contributed by atoms with Crippen LogP contribution >= 0.6 is 0 Å². The van der Waals surface area contributed by atoms with Gasteiger partial charge in [0.15, 0.2) is 0 Å². The number of rotatable bonds is 2. The third-order valence-corrected chi connectivity index (χ3v) is 2.06. The van der Waals surface area contributed by atoms with E-state index < -0.39 is 11.9 Å². The molecule has 0 aromatic heterocycles. The normalized spacial score (nSPS) is 20.4. The molecule has 0 aromatic carbocycles. The molecule has 0 aromatic rings. The highest BCUT2D eigenvalue weighted by Crippen LogP contribution is 2.32. The molecule has 76 valence electrons. The molecule has 1 saturated carbocycles. The molecular formula is C10H12O4. The molecule has 0 bridgehead atoms. The minimum Gasteiger partial charge on any atom is -0.466 e. The summed E-state index contributed by atoms with van der Waals surface area (Å²) in [6.45, 7) is 0. The van der Waals surface area contributed by atoms with Crippen LogP contribution in [0.1, 0.15) is 12.8 Å². The number of esters is 2. The van der Waals surface area contributed by atoms with Crippen LogP contribution in [0.25, 0.3) is 0 Å². The smallest absolute Gasteiger partial charge is 0.330 e. The van der Waals surface area contributed by atoms with Crippen LogP contribution in [0.15, 0.2) is 23.3 Å². The Bertz CT molecular complexity index is 280. The summed E-state index contributed by atoms with van der Waals surface area (Å²) in [5, 5.41) is 0. The van der Waals surface area contributed by atoms with E-state index in [1.54, 1.807) is 0 Å². The zero-order chi connectivity index (χ0) is 10.6. The summed E-state index contributed by atoms with van der Waals surface area (Å²) in [4.78, 5) is 21.7. The molecule has 0 saturated heterocycles. The van der Waals surface area contributed by atoms with E-state index in [1.807, 2.05) is 0 Å². The van der Waals surface area contributed by atoms with Crippen LogP contribution in [0.4, 0.5) is 0 Å². The second kappa shape index (κ2) is 4.60. The zero-order valence-corrected chi connectivity index (χ0v) is 8.20. The Morgan fingerprint density at radius 2 is 1.36 bits per heavy atom. The molecule has 1 rings (SSSR count). The molecule has 1 aliphatic carbocycles. The molecule has 0 aliphatic heterocycles. The van der Waals surface area contributed by atoms with Crippen LogP contribution < -0.4 is 0 Å². The fourth-order valence-electron chi connectivity index (χ4n) is 1.15. The highest BCUT2D eigenvalue weighted by atomic mass is 16.5. The number of hydrogen-bond donors (Lipinski definition) is 0. The highest BCUT2D eigenvalue weighted by molar-refractivity contribution is 5.87. The van der Waals surface area contributed by atoms with E-state index in [1.165, 1.54) is 26.4 Å². The Kier molecular flexibility index (Phi) is 3.45. The first-order valence-corrected chi connectivity index (χ1v) is 4.24. The van der Waals surface area contributed by atoms with Crippen LogP contribution in [0.2, 0.25) is 0 Å². The van der Waals surface area contributed by atoms with Gasteiger partial charge in [-0.05, 0) is 24.0 Å². The van der Waals surface area contributed by atoms with Gasteiger partial charge >= 0.3 is 11.9 Å². The van der Waals surface area contributed by atoms with Crippen molar-refractivity contribution in [2.24, 2.45) is 0 Å². The second-order valence-electron chi connectivity index (χ2n) is 2.89. The van der Waals surface area contributed by atoms with Gasteiger partial charge in [-0.2, -0.15) is 0 Å². The highest BCUT2D eigenvalue weighted by Gasteiger charge is 2.18. The molecule has 14 heavy (non-hydrogen) atoms. The summed E-state index contributed by atoms with van der Waals surface area (Å²) in [5.41, 5.74) is 1.70. The molecule has 1 aliphatic rings. The van der Waals surface area contributed by atoms with Crippen LogP contribution in [0, 0.1) is 0 Å². The van der Waals surface area contributed by atoms with Gasteiger partial charge in [0.2, 0.25) is 0 Å². The van der Waals surface area contributed by atoms with Crippen molar-refractivity contribution < 1.29 is 19.1 Å². The summed E-state index contributed by atoms with van der Waals surface area (Å²) in [5.74, 6) is -0.786. The van der Waals surface area contributed by atoms with Gasteiger partial charge in [0.05, 0.1) is 14.2 Å². The molecule has 1 fully saturated rings. The maximum atomic E-state index is 10.9. The first-order valence-electron chi connectivity index (χ1n) is 4.24. The van der Waals surface area contributed by atoms with E-state index in [4.69, 9.17) is 0 Å². The van der Waals surface area contributed by atoms with Crippen LogP contribution in [-0.4, -0.2) is 26.2 Å².